The topological polar surface area (TPSA) is 29.5 Å². The van der Waals surface area contributed by atoms with Gasteiger partial charge in [0.05, 0.1) is 10.4 Å². The maximum Gasteiger partial charge on any atom is 0.411 e. The zero-order valence-corrected chi connectivity index (χ0v) is 14.1. The van der Waals surface area contributed by atoms with Crippen molar-refractivity contribution in [3.05, 3.63) is 27.4 Å². The smallest absolute Gasteiger partial charge is 0.411 e. The molecule has 2 unspecified atom stereocenters. The molecular weight excluding hydrogens is 306 g/mol. The standard InChI is InChI=1S/C16H20ClNO2S/c1-16(2,3)20-15(19)18-11-4-5-12(18)9-10(8-11)13-6-7-14(17)21-13/h6-8,11-12H,4-5,9H2,1-3H3. The summed E-state index contributed by atoms with van der Waals surface area (Å²) in [6, 6.07) is 4.42. The summed E-state index contributed by atoms with van der Waals surface area (Å²) in [6.45, 7) is 5.73. The van der Waals surface area contributed by atoms with E-state index in [1.165, 1.54) is 10.5 Å². The lowest BCUT2D eigenvalue weighted by Gasteiger charge is -2.35. The minimum absolute atomic E-state index is 0.162. The fourth-order valence-electron chi connectivity index (χ4n) is 3.10. The zero-order valence-electron chi connectivity index (χ0n) is 12.6. The van der Waals surface area contributed by atoms with Crippen LogP contribution in [0.1, 0.15) is 44.9 Å². The Morgan fingerprint density at radius 3 is 2.71 bits per heavy atom. The quantitative estimate of drug-likeness (QED) is 0.730. The van der Waals surface area contributed by atoms with Crippen molar-refractivity contribution in [1.29, 1.82) is 0 Å². The number of amides is 1. The number of rotatable bonds is 1. The second kappa shape index (κ2) is 5.33. The maximum atomic E-state index is 12.4. The average Bonchev–Trinajstić information content (AvgIpc) is 2.89. The molecule has 1 aromatic rings. The first-order valence-corrected chi connectivity index (χ1v) is 8.51. The molecule has 3 nitrogen and oxygen atoms in total. The van der Waals surface area contributed by atoms with Crippen molar-refractivity contribution in [3.63, 3.8) is 0 Å². The molecule has 2 bridgehead atoms. The Morgan fingerprint density at radius 1 is 1.38 bits per heavy atom. The molecule has 5 heteroatoms. The molecule has 2 aliphatic rings. The molecule has 21 heavy (non-hydrogen) atoms. The summed E-state index contributed by atoms with van der Waals surface area (Å²) < 4.78 is 6.36. The fraction of sp³-hybridized carbons (Fsp3) is 0.562. The van der Waals surface area contributed by atoms with Crippen LogP contribution in [-0.2, 0) is 4.74 Å². The number of hydrogen-bond acceptors (Lipinski definition) is 3. The van der Waals surface area contributed by atoms with Crippen molar-refractivity contribution in [2.75, 3.05) is 0 Å². The third kappa shape index (κ3) is 3.11. The van der Waals surface area contributed by atoms with Gasteiger partial charge in [0, 0.05) is 10.9 Å². The monoisotopic (exact) mass is 325 g/mol. The Balaban J connectivity index is 1.80. The van der Waals surface area contributed by atoms with E-state index in [0.717, 1.165) is 23.6 Å². The highest BCUT2D eigenvalue weighted by Gasteiger charge is 2.41. The molecule has 3 heterocycles. The Kier molecular flexibility index (Phi) is 3.78. The number of carbonyl (C=O) groups excluding carboxylic acids is 1. The number of halogens is 1. The van der Waals surface area contributed by atoms with Crippen molar-refractivity contribution < 1.29 is 9.53 Å². The summed E-state index contributed by atoms with van der Waals surface area (Å²) in [7, 11) is 0. The minimum atomic E-state index is -0.443. The van der Waals surface area contributed by atoms with Gasteiger partial charge in [-0.05, 0) is 57.7 Å². The number of nitrogens with zero attached hydrogens (tertiary/aromatic N) is 1. The van der Waals surface area contributed by atoms with Crippen LogP contribution < -0.4 is 0 Å². The van der Waals surface area contributed by atoms with Crippen molar-refractivity contribution in [1.82, 2.24) is 4.90 Å². The summed E-state index contributed by atoms with van der Waals surface area (Å²) in [5.41, 5.74) is 0.876. The Bertz CT molecular complexity index is 587. The lowest BCUT2D eigenvalue weighted by molar-refractivity contribution is 0.0175. The number of ether oxygens (including phenoxy) is 1. The van der Waals surface area contributed by atoms with Crippen LogP contribution in [-0.4, -0.2) is 28.7 Å². The molecule has 1 amide bonds. The van der Waals surface area contributed by atoms with Crippen LogP contribution in [0.2, 0.25) is 4.34 Å². The Labute approximate surface area is 134 Å². The van der Waals surface area contributed by atoms with Gasteiger partial charge >= 0.3 is 6.09 Å². The van der Waals surface area contributed by atoms with Crippen LogP contribution >= 0.6 is 22.9 Å². The number of thiophene rings is 1. The van der Waals surface area contributed by atoms with Gasteiger partial charge in [0.1, 0.15) is 5.60 Å². The van der Waals surface area contributed by atoms with Crippen molar-refractivity contribution >= 4 is 34.6 Å². The molecule has 1 fully saturated rings. The van der Waals surface area contributed by atoms with E-state index >= 15 is 0 Å². The highest BCUT2D eigenvalue weighted by molar-refractivity contribution is 7.17. The van der Waals surface area contributed by atoms with Gasteiger partial charge in [0.15, 0.2) is 0 Å². The van der Waals surface area contributed by atoms with Crippen LogP contribution in [0.25, 0.3) is 5.57 Å². The van der Waals surface area contributed by atoms with E-state index in [-0.39, 0.29) is 18.2 Å². The molecular formula is C16H20ClNO2S. The second-order valence-electron chi connectivity index (χ2n) is 6.69. The molecule has 2 atom stereocenters. The van der Waals surface area contributed by atoms with Gasteiger partial charge in [-0.3, -0.25) is 4.90 Å². The van der Waals surface area contributed by atoms with Gasteiger partial charge in [0.2, 0.25) is 0 Å². The summed E-state index contributed by atoms with van der Waals surface area (Å²) in [4.78, 5) is 15.5. The second-order valence-corrected chi connectivity index (χ2v) is 8.40. The summed E-state index contributed by atoms with van der Waals surface area (Å²) in [6.07, 6.45) is 4.99. The summed E-state index contributed by atoms with van der Waals surface area (Å²) >= 11 is 7.63. The van der Waals surface area contributed by atoms with Gasteiger partial charge in [-0.1, -0.05) is 17.7 Å². The first-order chi connectivity index (χ1) is 9.83. The van der Waals surface area contributed by atoms with Gasteiger partial charge in [-0.25, -0.2) is 4.79 Å². The van der Waals surface area contributed by atoms with Crippen LogP contribution in [0.15, 0.2) is 18.2 Å². The molecule has 1 aromatic heterocycles. The Morgan fingerprint density at radius 2 is 2.14 bits per heavy atom. The molecule has 0 radical (unpaired) electrons. The highest BCUT2D eigenvalue weighted by Crippen LogP contribution is 2.41. The molecule has 0 aliphatic carbocycles. The average molecular weight is 326 g/mol. The van der Waals surface area contributed by atoms with E-state index in [0.29, 0.717) is 0 Å². The lowest BCUT2D eigenvalue weighted by atomic mass is 10.0. The number of hydrogen-bond donors (Lipinski definition) is 0. The predicted molar refractivity (Wildman–Crippen MR) is 86.8 cm³/mol. The zero-order chi connectivity index (χ0) is 15.2. The number of carbonyl (C=O) groups is 1. The van der Waals surface area contributed by atoms with Gasteiger partial charge in [-0.15, -0.1) is 11.3 Å². The first kappa shape index (κ1) is 14.9. The SMILES string of the molecule is CC(C)(C)OC(=O)N1C2C=C(c3ccc(Cl)s3)CC1CC2. The fourth-order valence-corrected chi connectivity index (χ4v) is 4.18. The van der Waals surface area contributed by atoms with Crippen LogP contribution in [0.4, 0.5) is 4.79 Å². The minimum Gasteiger partial charge on any atom is -0.444 e. The van der Waals surface area contributed by atoms with E-state index < -0.39 is 5.60 Å². The maximum absolute atomic E-state index is 12.4. The van der Waals surface area contributed by atoms with Crippen molar-refractivity contribution in [2.24, 2.45) is 0 Å². The highest BCUT2D eigenvalue weighted by atomic mass is 35.5. The molecule has 2 aliphatic heterocycles. The van der Waals surface area contributed by atoms with Crippen LogP contribution in [0.5, 0.6) is 0 Å². The lowest BCUT2D eigenvalue weighted by Crippen LogP contribution is -2.45. The molecule has 0 N–H and O–H groups in total. The van der Waals surface area contributed by atoms with Crippen molar-refractivity contribution in [2.45, 2.75) is 57.7 Å². The van der Waals surface area contributed by atoms with Gasteiger partial charge in [-0.2, -0.15) is 0 Å². The van der Waals surface area contributed by atoms with Crippen molar-refractivity contribution in [3.8, 4) is 0 Å². The number of fused-ring (bicyclic) bond motifs is 2. The van der Waals surface area contributed by atoms with E-state index in [4.69, 9.17) is 16.3 Å². The molecule has 0 aromatic carbocycles. The molecule has 114 valence electrons. The molecule has 0 saturated carbocycles. The molecule has 0 spiro atoms. The van der Waals surface area contributed by atoms with E-state index in [2.05, 4.69) is 12.1 Å². The largest absolute Gasteiger partial charge is 0.444 e. The van der Waals surface area contributed by atoms with Crippen LogP contribution in [0.3, 0.4) is 0 Å². The van der Waals surface area contributed by atoms with E-state index in [1.807, 2.05) is 31.7 Å². The van der Waals surface area contributed by atoms with Crippen LogP contribution in [0, 0.1) is 0 Å². The normalized spacial score (nSPS) is 25.0. The summed E-state index contributed by atoms with van der Waals surface area (Å²) in [5.74, 6) is 0. The Hall–Kier alpha value is -1.000. The summed E-state index contributed by atoms with van der Waals surface area (Å²) in [5, 5.41) is 0. The van der Waals surface area contributed by atoms with E-state index in [9.17, 15) is 4.79 Å². The molecule has 1 saturated heterocycles. The molecule has 3 rings (SSSR count). The predicted octanol–water partition coefficient (Wildman–Crippen LogP) is 4.96. The third-order valence-electron chi connectivity index (χ3n) is 3.89. The van der Waals surface area contributed by atoms with E-state index in [1.54, 1.807) is 11.3 Å². The van der Waals surface area contributed by atoms with Gasteiger partial charge in [0.25, 0.3) is 0 Å². The third-order valence-corrected chi connectivity index (χ3v) is 5.20. The van der Waals surface area contributed by atoms with Gasteiger partial charge < -0.3 is 4.74 Å². The first-order valence-electron chi connectivity index (χ1n) is 7.31.